The van der Waals surface area contributed by atoms with E-state index < -0.39 is 53.8 Å². The van der Waals surface area contributed by atoms with Gasteiger partial charge in [-0.1, -0.05) is 30.3 Å². The molecule has 13 heteroatoms. The number of unbranched alkanes of at least 4 members (excludes halogenated alkanes) is 1. The quantitative estimate of drug-likeness (QED) is 0.0875. The number of nitrogens with one attached hydrogen (secondary N) is 3. The molecule has 4 unspecified atom stereocenters. The highest BCUT2D eigenvalue weighted by molar-refractivity contribution is 7.80. The molecule has 0 fully saturated rings. The first kappa shape index (κ1) is 30.9. The van der Waals surface area contributed by atoms with Crippen molar-refractivity contribution in [2.45, 2.75) is 62.7 Å². The first-order valence-electron chi connectivity index (χ1n) is 11.6. The number of carboxylic acids is 1. The van der Waals surface area contributed by atoms with Crippen LogP contribution < -0.4 is 33.2 Å². The van der Waals surface area contributed by atoms with Gasteiger partial charge in [0.25, 0.3) is 0 Å². The number of aliphatic carboxylic acids is 1. The highest BCUT2D eigenvalue weighted by Gasteiger charge is 2.30. The third-order valence-corrected chi connectivity index (χ3v) is 5.72. The van der Waals surface area contributed by atoms with Crippen LogP contribution in [-0.2, 0) is 30.4 Å². The van der Waals surface area contributed by atoms with Crippen molar-refractivity contribution in [3.63, 3.8) is 0 Å². The number of thiol groups is 1. The average Bonchev–Trinajstić information content (AvgIpc) is 2.85. The van der Waals surface area contributed by atoms with Crippen LogP contribution in [0.15, 0.2) is 30.3 Å². The Balaban J connectivity index is 3.01. The van der Waals surface area contributed by atoms with Crippen LogP contribution in [0.4, 0.5) is 0 Å². The van der Waals surface area contributed by atoms with Gasteiger partial charge in [-0.25, -0.2) is 4.79 Å². The van der Waals surface area contributed by atoms with Crippen molar-refractivity contribution in [2.75, 3.05) is 12.3 Å². The summed E-state index contributed by atoms with van der Waals surface area (Å²) in [5, 5.41) is 17.1. The van der Waals surface area contributed by atoms with Gasteiger partial charge in [0.1, 0.15) is 18.1 Å². The van der Waals surface area contributed by atoms with Crippen molar-refractivity contribution < 1.29 is 29.1 Å². The van der Waals surface area contributed by atoms with E-state index in [0.29, 0.717) is 24.9 Å². The van der Waals surface area contributed by atoms with Gasteiger partial charge in [0.2, 0.25) is 23.6 Å². The number of primary amides is 1. The molecule has 1 aromatic rings. The van der Waals surface area contributed by atoms with E-state index in [9.17, 15) is 29.1 Å². The van der Waals surface area contributed by atoms with Crippen LogP contribution in [-0.4, -0.2) is 71.2 Å². The number of carbonyl (C=O) groups excluding carboxylic acids is 4. The maximum absolute atomic E-state index is 13.0. The van der Waals surface area contributed by atoms with E-state index in [4.69, 9.17) is 17.2 Å². The van der Waals surface area contributed by atoms with E-state index in [-0.39, 0.29) is 31.4 Å². The van der Waals surface area contributed by atoms with Crippen LogP contribution >= 0.6 is 12.6 Å². The Morgan fingerprint density at radius 2 is 1.42 bits per heavy atom. The molecule has 0 radical (unpaired) electrons. The average molecular weight is 525 g/mol. The maximum Gasteiger partial charge on any atom is 0.326 e. The van der Waals surface area contributed by atoms with Crippen molar-refractivity contribution in [1.82, 2.24) is 16.0 Å². The van der Waals surface area contributed by atoms with Crippen LogP contribution in [0.5, 0.6) is 0 Å². The van der Waals surface area contributed by atoms with E-state index in [2.05, 4.69) is 28.6 Å². The number of amides is 4. The number of carbonyl (C=O) groups is 5. The third-order valence-electron chi connectivity index (χ3n) is 5.32. The molecule has 36 heavy (non-hydrogen) atoms. The highest BCUT2D eigenvalue weighted by Crippen LogP contribution is 2.08. The summed E-state index contributed by atoms with van der Waals surface area (Å²) in [7, 11) is 0. The van der Waals surface area contributed by atoms with E-state index in [0.717, 1.165) is 0 Å². The molecule has 0 aromatic heterocycles. The summed E-state index contributed by atoms with van der Waals surface area (Å²) in [5.74, 6) is -3.98. The standard InChI is InChI=1S/C23H36N6O6S/c24-11-5-4-8-16(21(32)29-18(23(34)35)12-14-6-2-1-3-7-14)28-22(33)17(9-10-19(26)30)27-20(31)15(25)13-36/h1-3,6-7,15-18,36H,4-5,8-13,24-25H2,(H2,26,30)(H,27,31)(H,28,33)(H,29,32)(H,34,35). The van der Waals surface area contributed by atoms with Crippen molar-refractivity contribution >= 4 is 42.2 Å². The largest absolute Gasteiger partial charge is 0.480 e. The number of nitrogens with two attached hydrogens (primary N) is 3. The molecule has 0 aliphatic heterocycles. The van der Waals surface area contributed by atoms with Gasteiger partial charge in [-0.05, 0) is 37.8 Å². The van der Waals surface area contributed by atoms with Gasteiger partial charge in [0.05, 0.1) is 6.04 Å². The van der Waals surface area contributed by atoms with Crippen LogP contribution in [0.3, 0.4) is 0 Å². The van der Waals surface area contributed by atoms with E-state index in [1.54, 1.807) is 30.3 Å². The summed E-state index contributed by atoms with van der Waals surface area (Å²) >= 11 is 3.96. The fourth-order valence-electron chi connectivity index (χ4n) is 3.27. The van der Waals surface area contributed by atoms with Gasteiger partial charge < -0.3 is 38.3 Å². The molecule has 0 spiro atoms. The maximum atomic E-state index is 13.0. The Labute approximate surface area is 215 Å². The van der Waals surface area contributed by atoms with Crippen LogP contribution in [0, 0.1) is 0 Å². The molecule has 0 aliphatic carbocycles. The molecule has 1 rings (SSSR count). The lowest BCUT2D eigenvalue weighted by molar-refractivity contribution is -0.142. The third kappa shape index (κ3) is 11.5. The summed E-state index contributed by atoms with van der Waals surface area (Å²) in [4.78, 5) is 61.3. The summed E-state index contributed by atoms with van der Waals surface area (Å²) in [6.45, 7) is 0.368. The predicted molar refractivity (Wildman–Crippen MR) is 137 cm³/mol. The molecule has 10 N–H and O–H groups in total. The summed E-state index contributed by atoms with van der Waals surface area (Å²) in [5.41, 5.74) is 17.1. The Bertz CT molecular complexity index is 887. The Morgan fingerprint density at radius 3 is 1.94 bits per heavy atom. The molecule has 4 amide bonds. The number of benzene rings is 1. The number of rotatable bonds is 17. The molecule has 200 valence electrons. The first-order valence-corrected chi connectivity index (χ1v) is 12.2. The smallest absolute Gasteiger partial charge is 0.326 e. The molecule has 0 heterocycles. The summed E-state index contributed by atoms with van der Waals surface area (Å²) in [6, 6.07) is 4.26. The van der Waals surface area contributed by atoms with E-state index in [1.165, 1.54) is 0 Å². The van der Waals surface area contributed by atoms with Gasteiger partial charge in [-0.3, -0.25) is 19.2 Å². The molecule has 0 bridgehead atoms. The predicted octanol–water partition coefficient (Wildman–Crippen LogP) is -1.58. The van der Waals surface area contributed by atoms with Crippen LogP contribution in [0.2, 0.25) is 0 Å². The monoisotopic (exact) mass is 524 g/mol. The van der Waals surface area contributed by atoms with Crippen molar-refractivity contribution in [3.8, 4) is 0 Å². The molecule has 4 atom stereocenters. The highest BCUT2D eigenvalue weighted by atomic mass is 32.1. The van der Waals surface area contributed by atoms with Gasteiger partial charge in [0.15, 0.2) is 0 Å². The molecule has 12 nitrogen and oxygen atoms in total. The molecule has 0 saturated heterocycles. The normalized spacial score (nSPS) is 14.1. The molecular formula is C23H36N6O6S. The zero-order valence-electron chi connectivity index (χ0n) is 20.0. The lowest BCUT2D eigenvalue weighted by Gasteiger charge is -2.25. The minimum absolute atomic E-state index is 0.0259. The number of hydrogen-bond donors (Lipinski definition) is 8. The summed E-state index contributed by atoms with van der Waals surface area (Å²) in [6.07, 6.45) is 0.966. The minimum Gasteiger partial charge on any atom is -0.480 e. The van der Waals surface area contributed by atoms with Crippen molar-refractivity contribution in [1.29, 1.82) is 0 Å². The molecule has 0 saturated carbocycles. The zero-order chi connectivity index (χ0) is 27.1. The zero-order valence-corrected chi connectivity index (χ0v) is 20.9. The minimum atomic E-state index is -1.23. The van der Waals surface area contributed by atoms with Crippen LogP contribution in [0.25, 0.3) is 0 Å². The number of hydrogen-bond acceptors (Lipinski definition) is 8. The van der Waals surface area contributed by atoms with E-state index in [1.807, 2.05) is 0 Å². The van der Waals surface area contributed by atoms with Gasteiger partial charge in [-0.2, -0.15) is 12.6 Å². The van der Waals surface area contributed by atoms with E-state index >= 15 is 0 Å². The topological polar surface area (TPSA) is 220 Å². The Hall–Kier alpha value is -3.16. The van der Waals surface area contributed by atoms with Gasteiger partial charge in [0, 0.05) is 18.6 Å². The second kappa shape index (κ2) is 16.5. The van der Waals surface area contributed by atoms with Gasteiger partial charge >= 0.3 is 5.97 Å². The molecular weight excluding hydrogens is 488 g/mol. The molecule has 0 aliphatic rings. The SMILES string of the molecule is NCCCCC(NC(=O)C(CCC(N)=O)NC(=O)C(N)CS)C(=O)NC(Cc1ccccc1)C(=O)O. The van der Waals surface area contributed by atoms with Gasteiger partial charge in [-0.15, -0.1) is 0 Å². The lowest BCUT2D eigenvalue weighted by atomic mass is 10.0. The second-order valence-corrected chi connectivity index (χ2v) is 8.66. The summed E-state index contributed by atoms with van der Waals surface area (Å²) < 4.78 is 0. The first-order chi connectivity index (χ1) is 17.1. The second-order valence-electron chi connectivity index (χ2n) is 8.29. The number of carboxylic acid groups (broad SMARTS) is 1. The van der Waals surface area contributed by atoms with Crippen molar-refractivity contribution in [2.24, 2.45) is 17.2 Å². The van der Waals surface area contributed by atoms with Crippen molar-refractivity contribution in [3.05, 3.63) is 35.9 Å². The van der Waals surface area contributed by atoms with Crippen LogP contribution in [0.1, 0.15) is 37.7 Å². The Kier molecular flexibility index (Phi) is 14.1. The molecule has 1 aromatic carbocycles. The fraction of sp³-hybridized carbons (Fsp3) is 0.522. The Morgan fingerprint density at radius 1 is 0.861 bits per heavy atom. The lowest BCUT2D eigenvalue weighted by Crippen LogP contribution is -2.57. The fourth-order valence-corrected chi connectivity index (χ4v) is 3.44.